The molecule has 0 aliphatic rings. The Labute approximate surface area is 144 Å². The first-order valence-electron chi connectivity index (χ1n) is 9.32. The van der Waals surface area contributed by atoms with E-state index in [4.69, 9.17) is 0 Å². The molecule has 23 heavy (non-hydrogen) atoms. The average Bonchev–Trinajstić information content (AvgIpc) is 2.52. The van der Waals surface area contributed by atoms with Crippen LogP contribution in [0.25, 0.3) is 11.1 Å². The normalized spacial score (nSPS) is 11.5. The van der Waals surface area contributed by atoms with Gasteiger partial charge in [0.2, 0.25) is 0 Å². The lowest BCUT2D eigenvalue weighted by Gasteiger charge is -2.25. The highest BCUT2D eigenvalue weighted by Gasteiger charge is 2.19. The zero-order chi connectivity index (χ0) is 17.5. The van der Waals surface area contributed by atoms with Crippen molar-refractivity contribution in [3.8, 4) is 0 Å². The Hall–Kier alpha value is -1.30. The number of unbranched alkanes of at least 4 members (excludes halogenated alkanes) is 4. The summed E-state index contributed by atoms with van der Waals surface area (Å²) in [7, 11) is 0. The third-order valence-corrected chi connectivity index (χ3v) is 4.71. The van der Waals surface area contributed by atoms with Crippen molar-refractivity contribution in [2.45, 2.75) is 79.6 Å². The van der Waals surface area contributed by atoms with E-state index in [1.54, 1.807) is 0 Å². The minimum absolute atomic E-state index is 0.101. The van der Waals surface area contributed by atoms with E-state index in [1.165, 1.54) is 59.9 Å². The molecule has 0 unspecified atom stereocenters. The number of hydrogen-bond acceptors (Lipinski definition) is 0. The fourth-order valence-corrected chi connectivity index (χ4v) is 2.88. The fraction of sp³-hybridized carbons (Fsp3) is 0.565. The number of allylic oxidation sites excluding steroid dienone is 2. The highest BCUT2D eigenvalue weighted by Crippen LogP contribution is 2.36. The Bertz CT molecular complexity index is 525. The van der Waals surface area contributed by atoms with Gasteiger partial charge in [-0.1, -0.05) is 85.6 Å². The molecule has 0 saturated heterocycles. The van der Waals surface area contributed by atoms with Gasteiger partial charge >= 0.3 is 0 Å². The van der Waals surface area contributed by atoms with Crippen LogP contribution in [-0.2, 0) is 6.42 Å². The summed E-state index contributed by atoms with van der Waals surface area (Å²) in [6, 6.07) is 6.83. The topological polar surface area (TPSA) is 0 Å². The molecule has 0 aromatic heterocycles. The van der Waals surface area contributed by atoms with E-state index in [0.29, 0.717) is 0 Å². The first-order valence-corrected chi connectivity index (χ1v) is 9.32. The van der Waals surface area contributed by atoms with Crippen LogP contribution < -0.4 is 0 Å². The zero-order valence-electron chi connectivity index (χ0n) is 16.1. The maximum Gasteiger partial charge on any atom is -0.0132 e. The van der Waals surface area contributed by atoms with Gasteiger partial charge in [-0.15, -0.1) is 0 Å². The molecule has 1 aromatic rings. The second-order valence-corrected chi connectivity index (χ2v) is 7.72. The molecular weight excluding hydrogens is 276 g/mol. The largest absolute Gasteiger partial charge is 0.0952 e. The van der Waals surface area contributed by atoms with E-state index >= 15 is 0 Å². The number of rotatable bonds is 9. The number of aryl methyl sites for hydroxylation is 1. The van der Waals surface area contributed by atoms with Crippen molar-refractivity contribution in [1.82, 2.24) is 0 Å². The Kier molecular flexibility index (Phi) is 7.82. The van der Waals surface area contributed by atoms with Crippen molar-refractivity contribution in [1.29, 1.82) is 0 Å². The molecule has 0 radical (unpaired) electrons. The quantitative estimate of drug-likeness (QED) is 0.410. The van der Waals surface area contributed by atoms with E-state index in [1.807, 2.05) is 0 Å². The molecule has 0 heterocycles. The minimum atomic E-state index is 0.101. The van der Waals surface area contributed by atoms with Crippen molar-refractivity contribution >= 4 is 11.1 Å². The summed E-state index contributed by atoms with van der Waals surface area (Å²) >= 11 is 0. The summed E-state index contributed by atoms with van der Waals surface area (Å²) in [4.78, 5) is 0. The molecule has 128 valence electrons. The predicted molar refractivity (Wildman–Crippen MR) is 107 cm³/mol. The maximum atomic E-state index is 4.37. The smallest absolute Gasteiger partial charge is 0.0132 e. The third kappa shape index (κ3) is 6.01. The second-order valence-electron chi connectivity index (χ2n) is 7.72. The standard InChI is InChI=1S/C23H36/c1-8-10-11-12-13-14-18(3)21-16-15-20(9-2)22(17-21)19(4)23(5,6)7/h15-17H,3-4,8-14H2,1-2,5-7H3. The molecule has 0 saturated carbocycles. The van der Waals surface area contributed by atoms with Crippen molar-refractivity contribution in [2.24, 2.45) is 5.41 Å². The summed E-state index contributed by atoms with van der Waals surface area (Å²) in [5.41, 5.74) is 6.61. The van der Waals surface area contributed by atoms with Crippen molar-refractivity contribution in [2.75, 3.05) is 0 Å². The van der Waals surface area contributed by atoms with E-state index in [-0.39, 0.29) is 5.41 Å². The highest BCUT2D eigenvalue weighted by atomic mass is 14.2. The molecule has 0 amide bonds. The molecule has 1 aromatic carbocycles. The minimum Gasteiger partial charge on any atom is -0.0952 e. The molecule has 0 fully saturated rings. The number of benzene rings is 1. The highest BCUT2D eigenvalue weighted by molar-refractivity contribution is 5.74. The van der Waals surface area contributed by atoms with Crippen LogP contribution >= 0.6 is 0 Å². The van der Waals surface area contributed by atoms with Gasteiger partial charge in [-0.05, 0) is 58.6 Å². The fourth-order valence-electron chi connectivity index (χ4n) is 2.88. The predicted octanol–water partition coefficient (Wildman–Crippen LogP) is 7.68. The van der Waals surface area contributed by atoms with Crippen LogP contribution in [-0.4, -0.2) is 0 Å². The van der Waals surface area contributed by atoms with Gasteiger partial charge in [0.15, 0.2) is 0 Å². The van der Waals surface area contributed by atoms with E-state index in [0.717, 1.165) is 12.8 Å². The first kappa shape index (κ1) is 19.7. The zero-order valence-corrected chi connectivity index (χ0v) is 16.1. The lowest BCUT2D eigenvalue weighted by molar-refractivity contribution is 0.567. The number of hydrogen-bond donors (Lipinski definition) is 0. The molecule has 0 heteroatoms. The SMILES string of the molecule is C=C(CCCCCCC)c1ccc(CC)c(C(=C)C(C)(C)C)c1. The molecule has 1 rings (SSSR count). The molecule has 0 aliphatic heterocycles. The van der Waals surface area contributed by atoms with Gasteiger partial charge < -0.3 is 0 Å². The molecule has 0 bridgehead atoms. The molecule has 0 aliphatic carbocycles. The van der Waals surface area contributed by atoms with Gasteiger partial charge in [-0.3, -0.25) is 0 Å². The Balaban J connectivity index is 2.85. The first-order chi connectivity index (χ1) is 10.8. The van der Waals surface area contributed by atoms with E-state index < -0.39 is 0 Å². The van der Waals surface area contributed by atoms with Crippen LogP contribution in [0.5, 0.6) is 0 Å². The summed E-state index contributed by atoms with van der Waals surface area (Å²) < 4.78 is 0. The monoisotopic (exact) mass is 312 g/mol. The van der Waals surface area contributed by atoms with Gasteiger partial charge in [-0.25, -0.2) is 0 Å². The van der Waals surface area contributed by atoms with Gasteiger partial charge in [0.1, 0.15) is 0 Å². The van der Waals surface area contributed by atoms with E-state index in [9.17, 15) is 0 Å². The van der Waals surface area contributed by atoms with Crippen molar-refractivity contribution in [3.63, 3.8) is 0 Å². The van der Waals surface area contributed by atoms with Gasteiger partial charge in [0.05, 0.1) is 0 Å². The van der Waals surface area contributed by atoms with Crippen LogP contribution in [0.3, 0.4) is 0 Å². The molecule has 0 atom stereocenters. The van der Waals surface area contributed by atoms with Crippen molar-refractivity contribution < 1.29 is 0 Å². The third-order valence-electron chi connectivity index (χ3n) is 4.71. The summed E-state index contributed by atoms with van der Waals surface area (Å²) in [6.45, 7) is 19.9. The van der Waals surface area contributed by atoms with Crippen LogP contribution in [0, 0.1) is 5.41 Å². The van der Waals surface area contributed by atoms with Gasteiger partial charge in [0, 0.05) is 0 Å². The average molecular weight is 313 g/mol. The Morgan fingerprint density at radius 1 is 0.957 bits per heavy atom. The van der Waals surface area contributed by atoms with Crippen LogP contribution in [0.15, 0.2) is 31.4 Å². The Morgan fingerprint density at radius 3 is 2.17 bits per heavy atom. The van der Waals surface area contributed by atoms with Crippen LogP contribution in [0.1, 0.15) is 89.8 Å². The summed E-state index contributed by atoms with van der Waals surface area (Å²) in [5.74, 6) is 0. The van der Waals surface area contributed by atoms with Gasteiger partial charge in [0.25, 0.3) is 0 Å². The summed E-state index contributed by atoms with van der Waals surface area (Å²) in [5, 5.41) is 0. The molecule has 0 nitrogen and oxygen atoms in total. The van der Waals surface area contributed by atoms with Crippen LogP contribution in [0.2, 0.25) is 0 Å². The molecule has 0 N–H and O–H groups in total. The molecule has 0 spiro atoms. The lowest BCUT2D eigenvalue weighted by Crippen LogP contribution is -2.09. The Morgan fingerprint density at radius 2 is 1.61 bits per heavy atom. The van der Waals surface area contributed by atoms with Crippen molar-refractivity contribution in [3.05, 3.63) is 48.0 Å². The van der Waals surface area contributed by atoms with Crippen LogP contribution in [0.4, 0.5) is 0 Å². The summed E-state index contributed by atoms with van der Waals surface area (Å²) in [6.07, 6.45) is 8.74. The maximum absolute atomic E-state index is 4.37. The van der Waals surface area contributed by atoms with Gasteiger partial charge in [-0.2, -0.15) is 0 Å². The lowest BCUT2D eigenvalue weighted by atomic mass is 9.80. The van der Waals surface area contributed by atoms with E-state index in [2.05, 4.69) is 66.0 Å². The second kappa shape index (κ2) is 9.11. The molecular formula is C23H36.